The van der Waals surface area contributed by atoms with Gasteiger partial charge < -0.3 is 10.0 Å². The van der Waals surface area contributed by atoms with Crippen molar-refractivity contribution in [2.75, 3.05) is 13.1 Å². The van der Waals surface area contributed by atoms with Crippen molar-refractivity contribution in [3.63, 3.8) is 0 Å². The fourth-order valence-electron chi connectivity index (χ4n) is 2.93. The minimum Gasteiger partial charge on any atom is -0.508 e. The Hall–Kier alpha value is -2.40. The molecule has 1 fully saturated rings. The van der Waals surface area contributed by atoms with Crippen LogP contribution in [0.1, 0.15) is 38.7 Å². The van der Waals surface area contributed by atoms with Crippen molar-refractivity contribution in [2.45, 2.75) is 12.3 Å². The van der Waals surface area contributed by atoms with Crippen LogP contribution in [0.25, 0.3) is 0 Å². The zero-order chi connectivity index (χ0) is 16.4. The first-order valence-electron chi connectivity index (χ1n) is 7.28. The van der Waals surface area contributed by atoms with E-state index in [9.17, 15) is 14.7 Å². The van der Waals surface area contributed by atoms with Crippen molar-refractivity contribution in [1.82, 2.24) is 9.88 Å². The van der Waals surface area contributed by atoms with E-state index in [1.54, 1.807) is 29.2 Å². The highest BCUT2D eigenvalue weighted by Gasteiger charge is 2.30. The predicted molar refractivity (Wildman–Crippen MR) is 86.0 cm³/mol. The van der Waals surface area contributed by atoms with E-state index < -0.39 is 0 Å². The minimum atomic E-state index is -0.204. The van der Waals surface area contributed by atoms with Crippen LogP contribution in [0.15, 0.2) is 36.5 Å². The van der Waals surface area contributed by atoms with Crippen molar-refractivity contribution >= 4 is 23.8 Å². The number of hydrogen-bond acceptors (Lipinski definition) is 4. The molecule has 6 heteroatoms. The summed E-state index contributed by atoms with van der Waals surface area (Å²) in [6, 6.07) is 8.06. The number of nitrogens with zero attached hydrogens (tertiary/aromatic N) is 2. The van der Waals surface area contributed by atoms with Crippen LogP contribution < -0.4 is 0 Å². The zero-order valence-corrected chi connectivity index (χ0v) is 13.0. The molecule has 1 saturated heterocycles. The fraction of sp³-hybridized carbons (Fsp3) is 0.235. The summed E-state index contributed by atoms with van der Waals surface area (Å²) >= 11 is 6.03. The number of hydrogen-bond donors (Lipinski definition) is 1. The highest BCUT2D eigenvalue weighted by Crippen LogP contribution is 2.31. The van der Waals surface area contributed by atoms with Gasteiger partial charge in [-0.25, -0.2) is 4.98 Å². The lowest BCUT2D eigenvalue weighted by molar-refractivity contribution is 0.0785. The summed E-state index contributed by atoms with van der Waals surface area (Å²) in [4.78, 5) is 29.5. The number of aldehydes is 1. The van der Waals surface area contributed by atoms with Crippen LogP contribution in [-0.4, -0.2) is 40.3 Å². The Bertz CT molecular complexity index is 763. The second-order valence-corrected chi connectivity index (χ2v) is 5.91. The van der Waals surface area contributed by atoms with Gasteiger partial charge in [-0.1, -0.05) is 17.7 Å². The van der Waals surface area contributed by atoms with Gasteiger partial charge in [-0.3, -0.25) is 9.59 Å². The van der Waals surface area contributed by atoms with Gasteiger partial charge in [-0.2, -0.15) is 0 Å². The molecule has 0 spiro atoms. The van der Waals surface area contributed by atoms with Crippen LogP contribution in [0.5, 0.6) is 5.75 Å². The number of phenolic OH excluding ortho intramolecular Hbond substituents is 1. The van der Waals surface area contributed by atoms with Gasteiger partial charge in [0.15, 0.2) is 0 Å². The average molecular weight is 331 g/mol. The van der Waals surface area contributed by atoms with E-state index in [4.69, 9.17) is 11.6 Å². The monoisotopic (exact) mass is 330 g/mol. The summed E-state index contributed by atoms with van der Waals surface area (Å²) in [6.45, 7) is 1.08. The van der Waals surface area contributed by atoms with Crippen molar-refractivity contribution in [2.24, 2.45) is 0 Å². The third kappa shape index (κ3) is 3.05. The number of benzene rings is 1. The van der Waals surface area contributed by atoms with Crippen molar-refractivity contribution in [3.8, 4) is 5.75 Å². The number of likely N-dealkylation sites (tertiary alicyclic amines) is 1. The molecule has 1 aromatic carbocycles. The second kappa shape index (κ2) is 6.38. The minimum absolute atomic E-state index is 0.0575. The van der Waals surface area contributed by atoms with Gasteiger partial charge >= 0.3 is 0 Å². The molecule has 1 aliphatic heterocycles. The summed E-state index contributed by atoms with van der Waals surface area (Å²) in [5, 5.41) is 9.82. The molecule has 0 aliphatic carbocycles. The summed E-state index contributed by atoms with van der Waals surface area (Å²) < 4.78 is 0. The fourth-order valence-corrected chi connectivity index (χ4v) is 3.13. The van der Waals surface area contributed by atoms with E-state index in [2.05, 4.69) is 4.98 Å². The molecule has 23 heavy (non-hydrogen) atoms. The first kappa shape index (κ1) is 15.5. The van der Waals surface area contributed by atoms with E-state index in [1.165, 1.54) is 12.3 Å². The Morgan fingerprint density at radius 1 is 1.39 bits per heavy atom. The Morgan fingerprint density at radius 2 is 2.22 bits per heavy atom. The van der Waals surface area contributed by atoms with Crippen molar-refractivity contribution in [1.29, 1.82) is 0 Å². The number of halogens is 1. The van der Waals surface area contributed by atoms with Gasteiger partial charge in [0.05, 0.1) is 5.02 Å². The number of carbonyl (C=O) groups is 2. The summed E-state index contributed by atoms with van der Waals surface area (Å²) in [6.07, 6.45) is 3.02. The maximum atomic E-state index is 12.5. The standard InChI is InChI=1S/C17H15ClN2O3/c18-15-2-1-6-19-16(15)17(23)20-7-5-11(9-20)14-4-3-13(22)8-12(14)10-21/h1-4,6,8,10-11,22H,5,7,9H2. The molecule has 5 nitrogen and oxygen atoms in total. The third-order valence-corrected chi connectivity index (χ3v) is 4.38. The molecular weight excluding hydrogens is 316 g/mol. The van der Waals surface area contributed by atoms with Crippen LogP contribution in [0.2, 0.25) is 5.02 Å². The summed E-state index contributed by atoms with van der Waals surface area (Å²) in [7, 11) is 0. The van der Waals surface area contributed by atoms with E-state index in [-0.39, 0.29) is 23.3 Å². The van der Waals surface area contributed by atoms with Gasteiger partial charge in [0.2, 0.25) is 0 Å². The Balaban J connectivity index is 1.80. The highest BCUT2D eigenvalue weighted by atomic mass is 35.5. The number of rotatable bonds is 3. The molecule has 118 valence electrons. The lowest BCUT2D eigenvalue weighted by Crippen LogP contribution is -2.29. The van der Waals surface area contributed by atoms with Crippen molar-refractivity contribution in [3.05, 3.63) is 58.4 Å². The van der Waals surface area contributed by atoms with Crippen LogP contribution in [-0.2, 0) is 0 Å². The Kier molecular flexibility index (Phi) is 4.30. The number of aromatic nitrogens is 1. The van der Waals surface area contributed by atoms with Crippen LogP contribution >= 0.6 is 11.6 Å². The molecule has 1 N–H and O–H groups in total. The molecular formula is C17H15ClN2O3. The maximum absolute atomic E-state index is 12.5. The number of phenols is 1. The molecule has 3 rings (SSSR count). The molecule has 2 aromatic rings. The highest BCUT2D eigenvalue weighted by molar-refractivity contribution is 6.33. The molecule has 1 amide bonds. The van der Waals surface area contributed by atoms with Gasteiger partial charge in [-0.15, -0.1) is 0 Å². The molecule has 0 radical (unpaired) electrons. The number of carbonyl (C=O) groups excluding carboxylic acids is 2. The largest absolute Gasteiger partial charge is 0.508 e. The summed E-state index contributed by atoms with van der Waals surface area (Å²) in [5.41, 5.74) is 1.55. The first-order valence-corrected chi connectivity index (χ1v) is 7.66. The first-order chi connectivity index (χ1) is 11.1. The van der Waals surface area contributed by atoms with Crippen molar-refractivity contribution < 1.29 is 14.7 Å². The topological polar surface area (TPSA) is 70.5 Å². The molecule has 2 heterocycles. The molecule has 1 atom stereocenters. The number of pyridine rings is 1. The van der Waals surface area contributed by atoms with Gasteiger partial charge in [0.1, 0.15) is 17.7 Å². The maximum Gasteiger partial charge on any atom is 0.274 e. The molecule has 1 unspecified atom stereocenters. The smallest absolute Gasteiger partial charge is 0.274 e. The molecule has 1 aliphatic rings. The van der Waals surface area contributed by atoms with E-state index >= 15 is 0 Å². The molecule has 0 saturated carbocycles. The van der Waals surface area contributed by atoms with Crippen LogP contribution in [0.3, 0.4) is 0 Å². The summed E-state index contributed by atoms with van der Waals surface area (Å²) in [5.74, 6) is -0.0891. The average Bonchev–Trinajstić information content (AvgIpc) is 3.04. The Labute approximate surface area is 138 Å². The van der Waals surface area contributed by atoms with E-state index in [0.717, 1.165) is 18.3 Å². The normalized spacial score (nSPS) is 17.3. The molecule has 1 aromatic heterocycles. The number of amides is 1. The quantitative estimate of drug-likeness (QED) is 0.878. The zero-order valence-electron chi connectivity index (χ0n) is 12.3. The number of aromatic hydroxyl groups is 1. The van der Waals surface area contributed by atoms with Crippen LogP contribution in [0, 0.1) is 0 Å². The van der Waals surface area contributed by atoms with E-state index in [1.807, 2.05) is 0 Å². The Morgan fingerprint density at radius 3 is 2.96 bits per heavy atom. The van der Waals surface area contributed by atoms with Gasteiger partial charge in [-0.05, 0) is 36.2 Å². The third-order valence-electron chi connectivity index (χ3n) is 4.07. The van der Waals surface area contributed by atoms with E-state index in [0.29, 0.717) is 23.7 Å². The molecule has 0 bridgehead atoms. The van der Waals surface area contributed by atoms with Gasteiger partial charge in [0.25, 0.3) is 5.91 Å². The predicted octanol–water partition coefficient (Wildman–Crippen LogP) is 2.88. The lowest BCUT2D eigenvalue weighted by atomic mass is 9.94. The van der Waals surface area contributed by atoms with Crippen LogP contribution in [0.4, 0.5) is 0 Å². The lowest BCUT2D eigenvalue weighted by Gasteiger charge is -2.17. The van der Waals surface area contributed by atoms with Gasteiger partial charge in [0, 0.05) is 30.8 Å². The SMILES string of the molecule is O=Cc1cc(O)ccc1C1CCN(C(=O)c2ncccc2Cl)C1. The second-order valence-electron chi connectivity index (χ2n) is 5.50.